The molecule has 1 atom stereocenters. The van der Waals surface area contributed by atoms with Crippen LogP contribution in [0.3, 0.4) is 0 Å². The Morgan fingerprint density at radius 3 is 2.95 bits per heavy atom. The van der Waals surface area contributed by atoms with Gasteiger partial charge >= 0.3 is 0 Å². The minimum atomic E-state index is -0.188. The van der Waals surface area contributed by atoms with Gasteiger partial charge in [0.25, 0.3) is 5.91 Å². The SMILES string of the molecule is O=C(NCC1COc2ccccc2O1)c1cc(Br)c[nH]1. The van der Waals surface area contributed by atoms with E-state index in [9.17, 15) is 4.79 Å². The molecule has 0 saturated carbocycles. The number of carbonyl (C=O) groups excluding carboxylic acids is 1. The molecule has 0 saturated heterocycles. The average Bonchev–Trinajstić information content (AvgIpc) is 2.91. The number of hydrogen-bond donors (Lipinski definition) is 2. The number of para-hydroxylation sites is 2. The van der Waals surface area contributed by atoms with Gasteiger partial charge in [-0.25, -0.2) is 0 Å². The lowest BCUT2D eigenvalue weighted by Gasteiger charge is -2.26. The van der Waals surface area contributed by atoms with Crippen LogP contribution in [-0.4, -0.2) is 30.1 Å². The first-order valence-corrected chi connectivity index (χ1v) is 7.02. The molecule has 20 heavy (non-hydrogen) atoms. The number of rotatable bonds is 3. The van der Waals surface area contributed by atoms with Crippen LogP contribution in [0.15, 0.2) is 41.0 Å². The molecule has 0 aliphatic carbocycles. The molecule has 1 unspecified atom stereocenters. The predicted octanol–water partition coefficient (Wildman–Crippen LogP) is 2.35. The largest absolute Gasteiger partial charge is 0.486 e. The number of aromatic amines is 1. The van der Waals surface area contributed by atoms with Crippen LogP contribution >= 0.6 is 15.9 Å². The highest BCUT2D eigenvalue weighted by Gasteiger charge is 2.21. The Hall–Kier alpha value is -1.95. The van der Waals surface area contributed by atoms with Gasteiger partial charge < -0.3 is 19.8 Å². The van der Waals surface area contributed by atoms with E-state index in [1.54, 1.807) is 12.3 Å². The lowest BCUT2D eigenvalue weighted by molar-refractivity contribution is 0.0786. The number of hydrogen-bond acceptors (Lipinski definition) is 3. The van der Waals surface area contributed by atoms with E-state index >= 15 is 0 Å². The Bertz CT molecular complexity index is 626. The fourth-order valence-electron chi connectivity index (χ4n) is 1.96. The molecule has 0 bridgehead atoms. The first-order chi connectivity index (χ1) is 9.72. The molecule has 6 heteroatoms. The van der Waals surface area contributed by atoms with Gasteiger partial charge in [0.15, 0.2) is 11.5 Å². The monoisotopic (exact) mass is 336 g/mol. The van der Waals surface area contributed by atoms with Gasteiger partial charge in [-0.15, -0.1) is 0 Å². The van der Waals surface area contributed by atoms with Crippen molar-refractivity contribution in [2.24, 2.45) is 0 Å². The molecular formula is C14H13BrN2O3. The molecule has 5 nitrogen and oxygen atoms in total. The molecule has 3 rings (SSSR count). The summed E-state index contributed by atoms with van der Waals surface area (Å²) < 4.78 is 12.2. The second-order valence-electron chi connectivity index (χ2n) is 4.44. The van der Waals surface area contributed by atoms with Crippen LogP contribution in [0.4, 0.5) is 0 Å². The molecule has 1 amide bonds. The number of fused-ring (bicyclic) bond motifs is 1. The Morgan fingerprint density at radius 1 is 1.40 bits per heavy atom. The van der Waals surface area contributed by atoms with Gasteiger partial charge in [-0.1, -0.05) is 12.1 Å². The van der Waals surface area contributed by atoms with Crippen molar-refractivity contribution in [2.75, 3.05) is 13.2 Å². The van der Waals surface area contributed by atoms with Gasteiger partial charge in [0.05, 0.1) is 6.54 Å². The summed E-state index contributed by atoms with van der Waals surface area (Å²) in [5.41, 5.74) is 0.508. The summed E-state index contributed by atoms with van der Waals surface area (Å²) in [4.78, 5) is 14.8. The number of halogens is 1. The van der Waals surface area contributed by atoms with Crippen LogP contribution in [0, 0.1) is 0 Å². The molecule has 1 aromatic carbocycles. The maximum absolute atomic E-state index is 11.9. The number of amides is 1. The lowest BCUT2D eigenvalue weighted by Crippen LogP contribution is -2.40. The Balaban J connectivity index is 1.56. The summed E-state index contributed by atoms with van der Waals surface area (Å²) in [5.74, 6) is 1.28. The van der Waals surface area contributed by atoms with Crippen LogP contribution in [0.5, 0.6) is 11.5 Å². The van der Waals surface area contributed by atoms with Crippen molar-refractivity contribution in [1.29, 1.82) is 0 Å². The third-order valence-corrected chi connectivity index (χ3v) is 3.41. The number of H-pyrrole nitrogens is 1. The molecule has 2 heterocycles. The van der Waals surface area contributed by atoms with Gasteiger partial charge in [-0.05, 0) is 34.1 Å². The number of ether oxygens (including phenoxy) is 2. The van der Waals surface area contributed by atoms with Crippen molar-refractivity contribution in [1.82, 2.24) is 10.3 Å². The quantitative estimate of drug-likeness (QED) is 0.904. The van der Waals surface area contributed by atoms with Crippen molar-refractivity contribution < 1.29 is 14.3 Å². The van der Waals surface area contributed by atoms with Crippen LogP contribution in [-0.2, 0) is 0 Å². The summed E-state index contributed by atoms with van der Waals surface area (Å²) in [6.07, 6.45) is 1.53. The van der Waals surface area contributed by atoms with Crippen molar-refractivity contribution in [3.63, 3.8) is 0 Å². The van der Waals surface area contributed by atoms with Gasteiger partial charge in [0.2, 0.25) is 0 Å². The van der Waals surface area contributed by atoms with Crippen molar-refractivity contribution in [3.05, 3.63) is 46.7 Å². The van der Waals surface area contributed by atoms with E-state index in [1.165, 1.54) is 0 Å². The van der Waals surface area contributed by atoms with Crippen LogP contribution in [0.25, 0.3) is 0 Å². The van der Waals surface area contributed by atoms with E-state index in [0.29, 0.717) is 24.6 Å². The highest BCUT2D eigenvalue weighted by molar-refractivity contribution is 9.10. The van der Waals surface area contributed by atoms with E-state index in [2.05, 4.69) is 26.2 Å². The normalized spacial score (nSPS) is 16.8. The number of nitrogens with one attached hydrogen (secondary N) is 2. The Kier molecular flexibility index (Phi) is 3.64. The van der Waals surface area contributed by atoms with Crippen molar-refractivity contribution >= 4 is 21.8 Å². The number of carbonyl (C=O) groups is 1. The molecule has 0 fully saturated rings. The van der Waals surface area contributed by atoms with Gasteiger partial charge in [0.1, 0.15) is 18.4 Å². The third-order valence-electron chi connectivity index (χ3n) is 2.95. The van der Waals surface area contributed by atoms with E-state index in [1.807, 2.05) is 24.3 Å². The molecule has 104 valence electrons. The molecule has 1 aliphatic heterocycles. The topological polar surface area (TPSA) is 63.4 Å². The standard InChI is InChI=1S/C14H13BrN2O3/c15-9-5-11(16-6-9)14(18)17-7-10-8-19-12-3-1-2-4-13(12)20-10/h1-6,10,16H,7-8H2,(H,17,18). The molecule has 0 spiro atoms. The minimum Gasteiger partial charge on any atom is -0.486 e. The Morgan fingerprint density at radius 2 is 2.20 bits per heavy atom. The van der Waals surface area contributed by atoms with Gasteiger partial charge in [0, 0.05) is 10.7 Å². The summed E-state index contributed by atoms with van der Waals surface area (Å²) in [6.45, 7) is 0.815. The first-order valence-electron chi connectivity index (χ1n) is 6.23. The number of aromatic nitrogens is 1. The highest BCUT2D eigenvalue weighted by Crippen LogP contribution is 2.30. The van der Waals surface area contributed by atoms with Crippen molar-refractivity contribution in [2.45, 2.75) is 6.10 Å². The van der Waals surface area contributed by atoms with Gasteiger partial charge in [-0.2, -0.15) is 0 Å². The van der Waals surface area contributed by atoms with Crippen molar-refractivity contribution in [3.8, 4) is 11.5 Å². The predicted molar refractivity (Wildman–Crippen MR) is 77.2 cm³/mol. The lowest BCUT2D eigenvalue weighted by atomic mass is 10.2. The Labute approximate surface area is 124 Å². The zero-order chi connectivity index (χ0) is 13.9. The van der Waals surface area contributed by atoms with Crippen LogP contribution in [0.1, 0.15) is 10.5 Å². The maximum Gasteiger partial charge on any atom is 0.267 e. The number of benzene rings is 1. The fourth-order valence-corrected chi connectivity index (χ4v) is 2.31. The molecule has 1 aromatic heterocycles. The molecular weight excluding hydrogens is 324 g/mol. The van der Waals surface area contributed by atoms with E-state index < -0.39 is 0 Å². The summed E-state index contributed by atoms with van der Waals surface area (Å²) in [5, 5.41) is 2.82. The minimum absolute atomic E-state index is 0.168. The second-order valence-corrected chi connectivity index (χ2v) is 5.35. The molecule has 0 radical (unpaired) electrons. The first kappa shape index (κ1) is 13.1. The third kappa shape index (κ3) is 2.80. The maximum atomic E-state index is 11.9. The summed E-state index contributed by atoms with van der Waals surface area (Å²) in [7, 11) is 0. The summed E-state index contributed by atoms with van der Waals surface area (Å²) in [6, 6.07) is 9.22. The average molecular weight is 337 g/mol. The zero-order valence-electron chi connectivity index (χ0n) is 10.6. The zero-order valence-corrected chi connectivity index (χ0v) is 12.1. The van der Waals surface area contributed by atoms with Crippen LogP contribution in [0.2, 0.25) is 0 Å². The smallest absolute Gasteiger partial charge is 0.267 e. The van der Waals surface area contributed by atoms with E-state index in [4.69, 9.17) is 9.47 Å². The molecule has 2 N–H and O–H groups in total. The van der Waals surface area contributed by atoms with Crippen LogP contribution < -0.4 is 14.8 Å². The highest BCUT2D eigenvalue weighted by atomic mass is 79.9. The molecule has 1 aliphatic rings. The fraction of sp³-hybridized carbons (Fsp3) is 0.214. The van der Waals surface area contributed by atoms with E-state index in [0.717, 1.165) is 10.2 Å². The summed E-state index contributed by atoms with van der Waals surface area (Å²) >= 11 is 3.29. The van der Waals surface area contributed by atoms with Gasteiger partial charge in [-0.3, -0.25) is 4.79 Å². The molecule has 2 aromatic rings. The van der Waals surface area contributed by atoms with E-state index in [-0.39, 0.29) is 12.0 Å². The second kappa shape index (κ2) is 5.58.